The summed E-state index contributed by atoms with van der Waals surface area (Å²) in [6, 6.07) is 10.0. The summed E-state index contributed by atoms with van der Waals surface area (Å²) in [6.07, 6.45) is 5.37. The van der Waals surface area contributed by atoms with Crippen molar-refractivity contribution in [3.63, 3.8) is 0 Å². The van der Waals surface area contributed by atoms with Crippen LogP contribution in [0.25, 0.3) is 0 Å². The van der Waals surface area contributed by atoms with Crippen LogP contribution in [0.1, 0.15) is 50.2 Å². The highest BCUT2D eigenvalue weighted by atomic mass is 35.5. The largest absolute Gasteiger partial charge is 0.352 e. The summed E-state index contributed by atoms with van der Waals surface area (Å²) in [4.78, 5) is 28.0. The molecule has 0 spiro atoms. The van der Waals surface area contributed by atoms with Gasteiger partial charge >= 0.3 is 0 Å². The van der Waals surface area contributed by atoms with Crippen molar-refractivity contribution >= 4 is 70.0 Å². The molecule has 3 rings (SSSR count). The lowest BCUT2D eigenvalue weighted by Gasteiger charge is -2.31. The fraction of sp³-hybridized carbons (Fsp3) is 0.440. The van der Waals surface area contributed by atoms with Gasteiger partial charge in [0, 0.05) is 44.0 Å². The van der Waals surface area contributed by atoms with E-state index in [4.69, 9.17) is 46.4 Å². The molecule has 1 aliphatic carbocycles. The molecule has 9 heteroatoms. The number of thioether (sulfide) groups is 1. The smallest absolute Gasteiger partial charge is 0.242 e. The summed E-state index contributed by atoms with van der Waals surface area (Å²) in [5, 5.41) is 5.18. The Labute approximate surface area is 225 Å². The minimum absolute atomic E-state index is 0.152. The van der Waals surface area contributed by atoms with E-state index >= 15 is 0 Å². The zero-order valence-corrected chi connectivity index (χ0v) is 22.8. The molecule has 0 aromatic heterocycles. The molecule has 0 heterocycles. The minimum Gasteiger partial charge on any atom is -0.352 e. The Hall–Kier alpha value is -1.11. The highest BCUT2D eigenvalue weighted by Gasteiger charge is 2.29. The first-order valence-corrected chi connectivity index (χ1v) is 14.0. The van der Waals surface area contributed by atoms with Crippen LogP contribution in [0.2, 0.25) is 20.1 Å². The number of hydrogen-bond donors (Lipinski definition) is 1. The van der Waals surface area contributed by atoms with Crippen LogP contribution in [0.3, 0.4) is 0 Å². The van der Waals surface area contributed by atoms with E-state index in [-0.39, 0.29) is 30.2 Å². The van der Waals surface area contributed by atoms with E-state index < -0.39 is 6.04 Å². The van der Waals surface area contributed by atoms with Crippen LogP contribution in [-0.2, 0) is 21.9 Å². The molecule has 1 aliphatic rings. The summed E-state index contributed by atoms with van der Waals surface area (Å²) < 4.78 is 0. The lowest BCUT2D eigenvalue weighted by Crippen LogP contribution is -2.50. The van der Waals surface area contributed by atoms with Crippen LogP contribution >= 0.6 is 58.2 Å². The van der Waals surface area contributed by atoms with E-state index in [0.717, 1.165) is 31.2 Å². The topological polar surface area (TPSA) is 49.4 Å². The molecule has 2 amide bonds. The molecule has 4 nitrogen and oxygen atoms in total. The summed E-state index contributed by atoms with van der Waals surface area (Å²) in [5.74, 6) is 0.402. The molecular weight excluding hydrogens is 534 g/mol. The van der Waals surface area contributed by atoms with Crippen molar-refractivity contribution in [2.45, 2.75) is 63.4 Å². The van der Waals surface area contributed by atoms with E-state index in [1.54, 1.807) is 42.2 Å². The first-order valence-electron chi connectivity index (χ1n) is 11.3. The van der Waals surface area contributed by atoms with Crippen LogP contribution in [0.4, 0.5) is 0 Å². The number of rotatable bonds is 9. The maximum atomic E-state index is 13.3. The molecule has 2 aromatic carbocycles. The van der Waals surface area contributed by atoms with Gasteiger partial charge in [-0.15, -0.1) is 11.8 Å². The van der Waals surface area contributed by atoms with E-state index in [9.17, 15) is 9.59 Å². The normalized spacial score (nSPS) is 15.1. The van der Waals surface area contributed by atoms with Crippen molar-refractivity contribution in [1.29, 1.82) is 0 Å². The third-order valence-electron chi connectivity index (χ3n) is 6.01. The average molecular weight is 562 g/mol. The Balaban J connectivity index is 1.71. The second-order valence-electron chi connectivity index (χ2n) is 8.47. The lowest BCUT2D eigenvalue weighted by molar-refractivity contribution is -0.139. The summed E-state index contributed by atoms with van der Waals surface area (Å²) in [6.45, 7) is 1.90. The van der Waals surface area contributed by atoms with Gasteiger partial charge < -0.3 is 10.2 Å². The van der Waals surface area contributed by atoms with Crippen LogP contribution in [-0.4, -0.2) is 34.6 Å². The fourth-order valence-corrected chi connectivity index (χ4v) is 5.96. The molecule has 0 saturated heterocycles. The van der Waals surface area contributed by atoms with Crippen molar-refractivity contribution in [3.05, 3.63) is 67.6 Å². The number of carbonyl (C=O) groups is 2. The van der Waals surface area contributed by atoms with Gasteiger partial charge in [0.2, 0.25) is 11.8 Å². The molecule has 0 unspecified atom stereocenters. The highest BCUT2D eigenvalue weighted by molar-refractivity contribution is 7.99. The lowest BCUT2D eigenvalue weighted by atomic mass is 9.95. The van der Waals surface area contributed by atoms with Crippen molar-refractivity contribution in [1.82, 2.24) is 10.2 Å². The average Bonchev–Trinajstić information content (AvgIpc) is 2.80. The van der Waals surface area contributed by atoms with Gasteiger partial charge in [0.05, 0.1) is 5.75 Å². The van der Waals surface area contributed by atoms with Crippen LogP contribution in [0, 0.1) is 0 Å². The van der Waals surface area contributed by atoms with Crippen molar-refractivity contribution < 1.29 is 9.59 Å². The molecule has 184 valence electrons. The quantitative estimate of drug-likeness (QED) is 0.347. The molecule has 0 radical (unpaired) electrons. The van der Waals surface area contributed by atoms with E-state index in [1.807, 2.05) is 6.07 Å². The minimum atomic E-state index is -0.665. The Morgan fingerprint density at radius 1 is 1.03 bits per heavy atom. The number of halogens is 4. The monoisotopic (exact) mass is 560 g/mol. The molecule has 0 bridgehead atoms. The fourth-order valence-electron chi connectivity index (χ4n) is 3.98. The molecule has 1 fully saturated rings. The molecule has 1 N–H and O–H groups in total. The van der Waals surface area contributed by atoms with Crippen LogP contribution in [0.5, 0.6) is 0 Å². The first kappa shape index (κ1) is 27.5. The molecule has 1 atom stereocenters. The van der Waals surface area contributed by atoms with Gasteiger partial charge in [-0.25, -0.2) is 0 Å². The predicted octanol–water partition coefficient (Wildman–Crippen LogP) is 7.40. The molecule has 0 aliphatic heterocycles. The number of nitrogens with zero attached hydrogens (tertiary/aromatic N) is 1. The molecular formula is C25H28Cl4N2O2S. The highest BCUT2D eigenvalue weighted by Crippen LogP contribution is 2.28. The first-order chi connectivity index (χ1) is 16.3. The van der Waals surface area contributed by atoms with Gasteiger partial charge in [0.25, 0.3) is 0 Å². The Kier molecular flexibility index (Phi) is 10.7. The third-order valence-corrected chi connectivity index (χ3v) is 8.27. The van der Waals surface area contributed by atoms with Gasteiger partial charge in [-0.2, -0.15) is 0 Å². The van der Waals surface area contributed by atoms with Crippen molar-refractivity contribution in [2.24, 2.45) is 0 Å². The summed E-state index contributed by atoms with van der Waals surface area (Å²) in [5.41, 5.74) is 1.52. The Morgan fingerprint density at radius 3 is 2.35 bits per heavy atom. The standard InChI is InChI=1S/C25H28Cl4N2O2S/c1-16(25(33)30-19-6-3-2-4-7-19)31(13-20-21(27)8-5-9-22(20)28)24(32)15-34-14-17-10-11-18(26)12-23(17)29/h5,8-12,16,19H,2-4,6-7,13-15H2,1H3,(H,30,33)/t16-/m0/s1. The molecule has 1 saturated carbocycles. The van der Waals surface area contributed by atoms with Gasteiger partial charge in [-0.3, -0.25) is 9.59 Å². The van der Waals surface area contributed by atoms with Gasteiger partial charge in [0.15, 0.2) is 0 Å². The third kappa shape index (κ3) is 7.69. The van der Waals surface area contributed by atoms with Gasteiger partial charge in [0.1, 0.15) is 6.04 Å². The summed E-state index contributed by atoms with van der Waals surface area (Å²) >= 11 is 26.4. The van der Waals surface area contributed by atoms with Crippen molar-refractivity contribution in [2.75, 3.05) is 5.75 Å². The van der Waals surface area contributed by atoms with Gasteiger partial charge in [-0.05, 0) is 49.6 Å². The van der Waals surface area contributed by atoms with Gasteiger partial charge in [-0.1, -0.05) is 77.8 Å². The van der Waals surface area contributed by atoms with E-state index in [0.29, 0.717) is 31.4 Å². The van der Waals surface area contributed by atoms with Crippen LogP contribution in [0.15, 0.2) is 36.4 Å². The second-order valence-corrected chi connectivity index (χ2v) is 11.1. The number of hydrogen-bond acceptors (Lipinski definition) is 3. The van der Waals surface area contributed by atoms with E-state index in [2.05, 4.69) is 5.32 Å². The van der Waals surface area contributed by atoms with E-state index in [1.165, 1.54) is 18.2 Å². The SMILES string of the molecule is C[C@@H](C(=O)NC1CCCCC1)N(Cc1c(Cl)cccc1Cl)C(=O)CSCc1ccc(Cl)cc1Cl. The molecule has 34 heavy (non-hydrogen) atoms. The number of nitrogens with one attached hydrogen (secondary N) is 1. The number of benzene rings is 2. The maximum absolute atomic E-state index is 13.3. The second kappa shape index (κ2) is 13.3. The van der Waals surface area contributed by atoms with Crippen LogP contribution < -0.4 is 5.32 Å². The Morgan fingerprint density at radius 2 is 1.71 bits per heavy atom. The Bertz CT molecular complexity index is 994. The number of carbonyl (C=O) groups excluding carboxylic acids is 2. The number of amides is 2. The zero-order valence-electron chi connectivity index (χ0n) is 19.0. The molecule has 2 aromatic rings. The summed E-state index contributed by atoms with van der Waals surface area (Å²) in [7, 11) is 0. The predicted molar refractivity (Wildman–Crippen MR) is 144 cm³/mol. The van der Waals surface area contributed by atoms with Crippen molar-refractivity contribution in [3.8, 4) is 0 Å². The zero-order chi connectivity index (χ0) is 24.7. The maximum Gasteiger partial charge on any atom is 0.242 e.